The highest BCUT2D eigenvalue weighted by atomic mass is 16.5. The lowest BCUT2D eigenvalue weighted by Gasteiger charge is -2.61. The summed E-state index contributed by atoms with van der Waals surface area (Å²) in [4.78, 5) is 4.61. The lowest BCUT2D eigenvalue weighted by molar-refractivity contribution is -0.168. The molecule has 4 atom stereocenters. The minimum Gasteiger partial charge on any atom is -0.378 e. The zero-order chi connectivity index (χ0) is 14.2. The first-order chi connectivity index (χ1) is 9.69. The van der Waals surface area contributed by atoms with Gasteiger partial charge in [0, 0.05) is 30.7 Å². The first-order valence-corrected chi connectivity index (χ1v) is 8.38. The summed E-state index contributed by atoms with van der Waals surface area (Å²) in [6.45, 7) is 8.18. The molecule has 4 unspecified atom stereocenters. The van der Waals surface area contributed by atoms with Crippen LogP contribution < -0.4 is 10.6 Å². The predicted molar refractivity (Wildman–Crippen MR) is 81.9 cm³/mol. The minimum absolute atomic E-state index is 0.404. The molecule has 3 fully saturated rings. The summed E-state index contributed by atoms with van der Waals surface area (Å²) < 4.78 is 5.92. The Kier molecular flexibility index (Phi) is 3.93. The molecule has 0 radical (unpaired) electrons. The summed E-state index contributed by atoms with van der Waals surface area (Å²) in [5.41, 5.74) is 0.404. The molecule has 0 aromatic rings. The molecule has 4 heteroatoms. The van der Waals surface area contributed by atoms with Crippen LogP contribution in [0.1, 0.15) is 52.9 Å². The molecule has 0 saturated heterocycles. The molecule has 20 heavy (non-hydrogen) atoms. The maximum Gasteiger partial charge on any atom is 0.191 e. The van der Waals surface area contributed by atoms with Gasteiger partial charge in [0.2, 0.25) is 0 Å². The molecule has 0 aromatic heterocycles. The second kappa shape index (κ2) is 5.55. The van der Waals surface area contributed by atoms with Gasteiger partial charge in [-0.1, -0.05) is 13.3 Å². The third-order valence-corrected chi connectivity index (χ3v) is 5.50. The molecule has 3 aliphatic rings. The van der Waals surface area contributed by atoms with Crippen molar-refractivity contribution in [2.45, 2.75) is 71.1 Å². The second-order valence-electron chi connectivity index (χ2n) is 6.75. The van der Waals surface area contributed by atoms with E-state index in [1.807, 2.05) is 0 Å². The van der Waals surface area contributed by atoms with Crippen LogP contribution in [0.4, 0.5) is 0 Å². The van der Waals surface area contributed by atoms with E-state index in [9.17, 15) is 0 Å². The fourth-order valence-electron chi connectivity index (χ4n) is 3.80. The van der Waals surface area contributed by atoms with E-state index in [1.54, 1.807) is 0 Å². The molecule has 3 saturated carbocycles. The van der Waals surface area contributed by atoms with Crippen molar-refractivity contribution in [2.75, 3.05) is 13.2 Å². The van der Waals surface area contributed by atoms with Crippen LogP contribution in [-0.2, 0) is 4.74 Å². The van der Waals surface area contributed by atoms with Crippen LogP contribution in [0.5, 0.6) is 0 Å². The Hall–Kier alpha value is -0.770. The van der Waals surface area contributed by atoms with Crippen molar-refractivity contribution in [3.05, 3.63) is 0 Å². The summed E-state index contributed by atoms with van der Waals surface area (Å²) in [6, 6.07) is 1.19. The Morgan fingerprint density at radius 2 is 2.00 bits per heavy atom. The normalized spacial score (nSPS) is 38.0. The molecule has 2 N–H and O–H groups in total. The molecule has 3 rings (SSSR count). The van der Waals surface area contributed by atoms with Gasteiger partial charge in [-0.25, -0.2) is 0 Å². The fourth-order valence-corrected chi connectivity index (χ4v) is 3.80. The van der Waals surface area contributed by atoms with Gasteiger partial charge in [0.1, 0.15) is 0 Å². The molecular weight excluding hydrogens is 250 g/mol. The van der Waals surface area contributed by atoms with Crippen LogP contribution in [0.2, 0.25) is 0 Å². The number of aliphatic imine (C=N–C) groups is 1. The van der Waals surface area contributed by atoms with Crippen molar-refractivity contribution in [1.82, 2.24) is 10.6 Å². The van der Waals surface area contributed by atoms with Crippen LogP contribution in [-0.4, -0.2) is 37.3 Å². The number of rotatable bonds is 5. The SMILES string of the molecule is CCN=C(NC1CC1C)NC1CC(OCC)C12CCC2. The zero-order valence-corrected chi connectivity index (χ0v) is 13.1. The molecule has 114 valence electrons. The van der Waals surface area contributed by atoms with E-state index in [-0.39, 0.29) is 0 Å². The first-order valence-electron chi connectivity index (χ1n) is 8.38. The summed E-state index contributed by atoms with van der Waals surface area (Å²) in [5, 5.41) is 7.26. The van der Waals surface area contributed by atoms with Crippen LogP contribution in [0, 0.1) is 11.3 Å². The van der Waals surface area contributed by atoms with E-state index in [4.69, 9.17) is 4.74 Å². The van der Waals surface area contributed by atoms with E-state index in [0.29, 0.717) is 23.6 Å². The average Bonchev–Trinajstić information content (AvgIpc) is 3.01. The Morgan fingerprint density at radius 3 is 2.50 bits per heavy atom. The van der Waals surface area contributed by atoms with Gasteiger partial charge in [0.25, 0.3) is 0 Å². The summed E-state index contributed by atoms with van der Waals surface area (Å²) in [5.74, 6) is 1.82. The van der Waals surface area contributed by atoms with Gasteiger partial charge in [-0.3, -0.25) is 4.99 Å². The first kappa shape index (κ1) is 14.2. The molecule has 0 heterocycles. The lowest BCUT2D eigenvalue weighted by atomic mass is 9.51. The molecule has 0 amide bonds. The van der Waals surface area contributed by atoms with Crippen LogP contribution in [0.25, 0.3) is 0 Å². The molecule has 1 spiro atoms. The van der Waals surface area contributed by atoms with Gasteiger partial charge >= 0.3 is 0 Å². The van der Waals surface area contributed by atoms with Crippen LogP contribution >= 0.6 is 0 Å². The quantitative estimate of drug-likeness (QED) is 0.599. The number of nitrogens with zero attached hydrogens (tertiary/aromatic N) is 1. The van der Waals surface area contributed by atoms with E-state index in [1.165, 1.54) is 25.7 Å². The molecule has 3 aliphatic carbocycles. The highest BCUT2D eigenvalue weighted by Gasteiger charge is 2.59. The van der Waals surface area contributed by atoms with Crippen LogP contribution in [0.3, 0.4) is 0 Å². The van der Waals surface area contributed by atoms with Crippen molar-refractivity contribution in [3.63, 3.8) is 0 Å². The van der Waals surface area contributed by atoms with Gasteiger partial charge in [0.15, 0.2) is 5.96 Å². The largest absolute Gasteiger partial charge is 0.378 e. The third-order valence-electron chi connectivity index (χ3n) is 5.50. The van der Waals surface area contributed by atoms with Crippen molar-refractivity contribution in [3.8, 4) is 0 Å². The van der Waals surface area contributed by atoms with Crippen LogP contribution in [0.15, 0.2) is 4.99 Å². The van der Waals surface area contributed by atoms with E-state index < -0.39 is 0 Å². The Labute approximate surface area is 122 Å². The van der Waals surface area contributed by atoms with Crippen molar-refractivity contribution >= 4 is 5.96 Å². The smallest absolute Gasteiger partial charge is 0.191 e. The maximum atomic E-state index is 5.92. The molecule has 0 bridgehead atoms. The minimum atomic E-state index is 0.404. The topological polar surface area (TPSA) is 45.7 Å². The molecule has 0 aliphatic heterocycles. The van der Waals surface area contributed by atoms with E-state index >= 15 is 0 Å². The van der Waals surface area contributed by atoms with Gasteiger partial charge in [-0.2, -0.15) is 0 Å². The Bertz CT molecular complexity index is 378. The third kappa shape index (κ3) is 2.43. The predicted octanol–water partition coefficient (Wildman–Crippen LogP) is 2.30. The highest BCUT2D eigenvalue weighted by Crippen LogP contribution is 2.57. The van der Waals surface area contributed by atoms with Gasteiger partial charge in [-0.15, -0.1) is 0 Å². The number of hydrogen-bond donors (Lipinski definition) is 2. The number of hydrogen-bond acceptors (Lipinski definition) is 2. The van der Waals surface area contributed by atoms with Gasteiger partial charge in [-0.05, 0) is 45.4 Å². The summed E-state index contributed by atoms with van der Waals surface area (Å²) >= 11 is 0. The highest BCUT2D eigenvalue weighted by molar-refractivity contribution is 5.81. The standard InChI is InChI=1S/C16H29N3O/c1-4-17-15(18-12-9-11(12)3)19-13-10-14(20-5-2)16(13)7-6-8-16/h11-14H,4-10H2,1-3H3,(H2,17,18,19). The second-order valence-corrected chi connectivity index (χ2v) is 6.75. The van der Waals surface area contributed by atoms with E-state index in [0.717, 1.165) is 31.4 Å². The summed E-state index contributed by atoms with van der Waals surface area (Å²) in [7, 11) is 0. The monoisotopic (exact) mass is 279 g/mol. The number of ether oxygens (including phenoxy) is 1. The zero-order valence-electron chi connectivity index (χ0n) is 13.1. The van der Waals surface area contributed by atoms with E-state index in [2.05, 4.69) is 36.4 Å². The molecular formula is C16H29N3O. The van der Waals surface area contributed by atoms with Crippen molar-refractivity contribution < 1.29 is 4.74 Å². The number of guanidine groups is 1. The Balaban J connectivity index is 1.57. The molecule has 0 aromatic carbocycles. The van der Waals surface area contributed by atoms with Crippen molar-refractivity contribution in [1.29, 1.82) is 0 Å². The van der Waals surface area contributed by atoms with Crippen molar-refractivity contribution in [2.24, 2.45) is 16.3 Å². The number of nitrogens with one attached hydrogen (secondary N) is 2. The molecule has 4 nitrogen and oxygen atoms in total. The lowest BCUT2D eigenvalue weighted by Crippen LogP contribution is -2.68. The summed E-state index contributed by atoms with van der Waals surface area (Å²) in [6.07, 6.45) is 6.87. The fraction of sp³-hybridized carbons (Fsp3) is 0.938. The Morgan fingerprint density at radius 1 is 1.25 bits per heavy atom. The average molecular weight is 279 g/mol. The van der Waals surface area contributed by atoms with Gasteiger partial charge in [0.05, 0.1) is 6.10 Å². The maximum absolute atomic E-state index is 5.92. The van der Waals surface area contributed by atoms with Gasteiger partial charge < -0.3 is 15.4 Å².